The summed E-state index contributed by atoms with van der Waals surface area (Å²) in [7, 11) is 0. The first kappa shape index (κ1) is 11.7. The third-order valence-corrected chi connectivity index (χ3v) is 4.39. The van der Waals surface area contributed by atoms with Crippen LogP contribution in [0.4, 0.5) is 0 Å². The van der Waals surface area contributed by atoms with Crippen molar-refractivity contribution in [3.05, 3.63) is 77.7 Å². The summed E-state index contributed by atoms with van der Waals surface area (Å²) in [5, 5.41) is 5.47. The Bertz CT molecular complexity index is 837. The second-order valence-electron chi connectivity index (χ2n) is 5.50. The zero-order valence-corrected chi connectivity index (χ0v) is 11.7. The number of rotatable bonds is 1. The molecule has 0 N–H and O–H groups in total. The summed E-state index contributed by atoms with van der Waals surface area (Å²) in [6.07, 6.45) is 6.89. The molecule has 0 aliphatic heterocycles. The average Bonchev–Trinajstić information content (AvgIpc) is 2.53. The minimum absolute atomic E-state index is 1.06. The lowest BCUT2D eigenvalue weighted by molar-refractivity contribution is 1.05. The molecule has 97 valence electrons. The summed E-state index contributed by atoms with van der Waals surface area (Å²) in [5.41, 5.74) is 4.33. The summed E-state index contributed by atoms with van der Waals surface area (Å²) < 4.78 is 0. The van der Waals surface area contributed by atoms with Crippen LogP contribution in [0.5, 0.6) is 0 Å². The zero-order chi connectivity index (χ0) is 13.5. The van der Waals surface area contributed by atoms with E-state index in [1.165, 1.54) is 38.2 Å². The molecular formula is C20H17. The van der Waals surface area contributed by atoms with Crippen LogP contribution in [0.1, 0.15) is 24.5 Å². The highest BCUT2D eigenvalue weighted by atomic mass is 14.2. The molecule has 0 amide bonds. The maximum atomic E-state index is 2.37. The number of benzene rings is 3. The maximum Gasteiger partial charge on any atom is 0.0157 e. The monoisotopic (exact) mass is 257 g/mol. The second kappa shape index (κ2) is 4.49. The fraction of sp³-hybridized carbons (Fsp3) is 0.150. The van der Waals surface area contributed by atoms with E-state index in [1.807, 2.05) is 0 Å². The molecule has 20 heavy (non-hydrogen) atoms. The summed E-state index contributed by atoms with van der Waals surface area (Å²) >= 11 is 0. The first-order valence-corrected chi connectivity index (χ1v) is 7.34. The van der Waals surface area contributed by atoms with Gasteiger partial charge in [0, 0.05) is 6.42 Å². The fourth-order valence-electron chi connectivity index (χ4n) is 3.27. The molecule has 0 fully saturated rings. The Morgan fingerprint density at radius 2 is 1.70 bits per heavy atom. The highest BCUT2D eigenvalue weighted by molar-refractivity contribution is 6.09. The Morgan fingerprint density at radius 1 is 0.850 bits per heavy atom. The van der Waals surface area contributed by atoms with Gasteiger partial charge in [-0.1, -0.05) is 67.1 Å². The molecule has 3 aromatic rings. The first-order valence-electron chi connectivity index (χ1n) is 7.34. The van der Waals surface area contributed by atoms with E-state index >= 15 is 0 Å². The van der Waals surface area contributed by atoms with Crippen molar-refractivity contribution < 1.29 is 0 Å². The zero-order valence-electron chi connectivity index (χ0n) is 11.7. The normalized spacial score (nSPS) is 14.3. The molecule has 4 rings (SSSR count). The third-order valence-electron chi connectivity index (χ3n) is 4.39. The minimum Gasteiger partial charge on any atom is -0.0803 e. The van der Waals surface area contributed by atoms with Crippen LogP contribution in [0.3, 0.4) is 0 Å². The van der Waals surface area contributed by atoms with Crippen molar-refractivity contribution >= 4 is 21.5 Å². The van der Waals surface area contributed by atoms with E-state index in [4.69, 9.17) is 0 Å². The van der Waals surface area contributed by atoms with E-state index < -0.39 is 0 Å². The fourth-order valence-corrected chi connectivity index (χ4v) is 3.27. The number of allylic oxidation sites excluding steroid dienone is 2. The molecule has 3 aromatic carbocycles. The molecular weight excluding hydrogens is 240 g/mol. The van der Waals surface area contributed by atoms with E-state index in [1.54, 1.807) is 0 Å². The van der Waals surface area contributed by atoms with Crippen molar-refractivity contribution in [2.45, 2.75) is 19.8 Å². The molecule has 0 unspecified atom stereocenters. The number of hydrogen-bond acceptors (Lipinski definition) is 0. The van der Waals surface area contributed by atoms with Crippen molar-refractivity contribution in [2.24, 2.45) is 0 Å². The van der Waals surface area contributed by atoms with Crippen LogP contribution in [0.2, 0.25) is 0 Å². The van der Waals surface area contributed by atoms with Gasteiger partial charge in [-0.25, -0.2) is 0 Å². The Kier molecular flexibility index (Phi) is 2.63. The summed E-state index contributed by atoms with van der Waals surface area (Å²) in [6, 6.07) is 17.8. The van der Waals surface area contributed by atoms with Crippen LogP contribution in [-0.4, -0.2) is 0 Å². The average molecular weight is 257 g/mol. The van der Waals surface area contributed by atoms with Crippen LogP contribution < -0.4 is 0 Å². The van der Waals surface area contributed by atoms with E-state index in [9.17, 15) is 0 Å². The molecule has 0 nitrogen and oxygen atoms in total. The van der Waals surface area contributed by atoms with Gasteiger partial charge in [-0.15, -0.1) is 0 Å². The highest BCUT2D eigenvalue weighted by Gasteiger charge is 2.14. The maximum absolute atomic E-state index is 2.37. The van der Waals surface area contributed by atoms with Crippen LogP contribution in [-0.2, 0) is 6.42 Å². The van der Waals surface area contributed by atoms with Gasteiger partial charge in [-0.3, -0.25) is 0 Å². The molecule has 1 aliphatic carbocycles. The molecule has 0 saturated carbocycles. The molecule has 0 saturated heterocycles. The Labute approximate surface area is 119 Å². The molecule has 0 spiro atoms. The topological polar surface area (TPSA) is 0 Å². The van der Waals surface area contributed by atoms with Gasteiger partial charge in [0.25, 0.3) is 0 Å². The van der Waals surface area contributed by atoms with Crippen LogP contribution in [0, 0.1) is 6.42 Å². The predicted octanol–water partition coefficient (Wildman–Crippen LogP) is 5.44. The molecule has 0 heteroatoms. The van der Waals surface area contributed by atoms with E-state index in [-0.39, 0.29) is 0 Å². The van der Waals surface area contributed by atoms with Gasteiger partial charge in [-0.2, -0.15) is 0 Å². The second-order valence-corrected chi connectivity index (χ2v) is 5.50. The van der Waals surface area contributed by atoms with Crippen molar-refractivity contribution in [1.82, 2.24) is 0 Å². The van der Waals surface area contributed by atoms with Gasteiger partial charge in [0.2, 0.25) is 0 Å². The number of hydrogen-bond donors (Lipinski definition) is 0. The number of fused-ring (bicyclic) bond motifs is 5. The molecule has 1 radical (unpaired) electrons. The molecule has 0 bridgehead atoms. The smallest absolute Gasteiger partial charge is 0.0157 e. The van der Waals surface area contributed by atoms with E-state index in [0.29, 0.717) is 0 Å². The van der Waals surface area contributed by atoms with Crippen molar-refractivity contribution in [2.75, 3.05) is 0 Å². The van der Waals surface area contributed by atoms with Gasteiger partial charge >= 0.3 is 0 Å². The Morgan fingerprint density at radius 3 is 2.60 bits per heavy atom. The SMILES string of the molecule is CCC1=CCc2c(ccc3c2ccc2ccccc23)[CH]1. The Balaban J connectivity index is 2.01. The Hall–Kier alpha value is -2.08. The molecule has 1 aliphatic rings. The van der Waals surface area contributed by atoms with Crippen molar-refractivity contribution in [1.29, 1.82) is 0 Å². The van der Waals surface area contributed by atoms with Gasteiger partial charge in [-0.05, 0) is 45.5 Å². The summed E-state index contributed by atoms with van der Waals surface area (Å²) in [5.74, 6) is 0. The van der Waals surface area contributed by atoms with E-state index in [2.05, 4.69) is 68.0 Å². The van der Waals surface area contributed by atoms with Crippen molar-refractivity contribution in [3.8, 4) is 0 Å². The van der Waals surface area contributed by atoms with Crippen LogP contribution >= 0.6 is 0 Å². The standard InChI is InChI=1S/C20H17/c1-2-14-7-10-18-16(13-14)9-12-19-17-6-4-3-5-15(17)8-11-20(18)19/h3-9,11-13H,2,10H2,1H3. The van der Waals surface area contributed by atoms with Crippen LogP contribution in [0.25, 0.3) is 21.5 Å². The summed E-state index contributed by atoms with van der Waals surface area (Å²) in [4.78, 5) is 0. The van der Waals surface area contributed by atoms with E-state index in [0.717, 1.165) is 12.8 Å². The summed E-state index contributed by atoms with van der Waals surface area (Å²) in [6.45, 7) is 2.22. The molecule has 0 atom stereocenters. The lowest BCUT2D eigenvalue weighted by Gasteiger charge is -2.18. The highest BCUT2D eigenvalue weighted by Crippen LogP contribution is 2.34. The van der Waals surface area contributed by atoms with Gasteiger partial charge in [0.1, 0.15) is 0 Å². The third kappa shape index (κ3) is 1.68. The van der Waals surface area contributed by atoms with Gasteiger partial charge < -0.3 is 0 Å². The minimum atomic E-state index is 1.06. The largest absolute Gasteiger partial charge is 0.0803 e. The van der Waals surface area contributed by atoms with Gasteiger partial charge in [0.15, 0.2) is 0 Å². The lowest BCUT2D eigenvalue weighted by Crippen LogP contribution is -2.01. The van der Waals surface area contributed by atoms with Crippen molar-refractivity contribution in [3.63, 3.8) is 0 Å². The predicted molar refractivity (Wildman–Crippen MR) is 86.9 cm³/mol. The van der Waals surface area contributed by atoms with Crippen LogP contribution in [0.15, 0.2) is 60.2 Å². The lowest BCUT2D eigenvalue weighted by atomic mass is 9.86. The molecule has 0 aromatic heterocycles. The first-order chi connectivity index (χ1) is 9.86. The molecule has 0 heterocycles. The quantitative estimate of drug-likeness (QED) is 0.509. The van der Waals surface area contributed by atoms with Gasteiger partial charge in [0.05, 0.1) is 0 Å².